The molecule has 18 heavy (non-hydrogen) atoms. The van der Waals surface area contributed by atoms with Crippen LogP contribution in [0.4, 0.5) is 0 Å². The summed E-state index contributed by atoms with van der Waals surface area (Å²) < 4.78 is 0. The van der Waals surface area contributed by atoms with Gasteiger partial charge in [-0.25, -0.2) is 0 Å². The van der Waals surface area contributed by atoms with Crippen LogP contribution in [0.25, 0.3) is 0 Å². The molecule has 1 aromatic rings. The number of hydrogen-bond acceptors (Lipinski definition) is 2. The van der Waals surface area contributed by atoms with Crippen LogP contribution < -0.4 is 5.73 Å². The lowest BCUT2D eigenvalue weighted by Crippen LogP contribution is -2.33. The molecule has 1 unspecified atom stereocenters. The maximum Gasteiger partial charge on any atom is 0.224 e. The van der Waals surface area contributed by atoms with Crippen LogP contribution in [0.5, 0.6) is 0 Å². The largest absolute Gasteiger partial charge is 0.343 e. The molecule has 1 aromatic carbocycles. The number of carbonyl (C=O) groups is 1. The molecule has 4 heteroatoms. The molecule has 0 saturated heterocycles. The summed E-state index contributed by atoms with van der Waals surface area (Å²) in [5, 5.41) is 0. The Morgan fingerprint density at radius 1 is 1.28 bits per heavy atom. The summed E-state index contributed by atoms with van der Waals surface area (Å²) in [5.74, 6) is 0.144. The zero-order valence-corrected chi connectivity index (χ0v) is 12.0. The molecule has 0 aliphatic rings. The van der Waals surface area contributed by atoms with E-state index >= 15 is 0 Å². The fourth-order valence-corrected chi connectivity index (χ4v) is 1.86. The van der Waals surface area contributed by atoms with Gasteiger partial charge in [-0.2, -0.15) is 0 Å². The smallest absolute Gasteiger partial charge is 0.224 e. The number of amides is 1. The fraction of sp³-hybridized carbons (Fsp3) is 0.500. The summed E-state index contributed by atoms with van der Waals surface area (Å²) in [4.78, 5) is 13.9. The molecule has 3 nitrogen and oxygen atoms in total. The van der Waals surface area contributed by atoms with Crippen molar-refractivity contribution >= 4 is 18.3 Å². The van der Waals surface area contributed by atoms with Crippen LogP contribution in [-0.4, -0.2) is 23.9 Å². The molecule has 1 rings (SSSR count). The third-order valence-electron chi connectivity index (χ3n) is 2.85. The van der Waals surface area contributed by atoms with Gasteiger partial charge in [-0.3, -0.25) is 4.79 Å². The van der Waals surface area contributed by atoms with Crippen LogP contribution in [0.1, 0.15) is 38.3 Å². The van der Waals surface area contributed by atoms with Crippen molar-refractivity contribution in [2.75, 3.05) is 13.1 Å². The average Bonchev–Trinajstić information content (AvgIpc) is 2.36. The number of benzene rings is 1. The molecule has 0 spiro atoms. The second kappa shape index (κ2) is 8.95. The van der Waals surface area contributed by atoms with Crippen LogP contribution in [0.2, 0.25) is 0 Å². The van der Waals surface area contributed by atoms with Crippen molar-refractivity contribution in [1.29, 1.82) is 0 Å². The van der Waals surface area contributed by atoms with E-state index in [0.29, 0.717) is 6.42 Å². The monoisotopic (exact) mass is 270 g/mol. The summed E-state index contributed by atoms with van der Waals surface area (Å²) in [5.41, 5.74) is 7.06. The highest BCUT2D eigenvalue weighted by Crippen LogP contribution is 2.14. The fourth-order valence-electron chi connectivity index (χ4n) is 1.86. The molecule has 0 aliphatic heterocycles. The van der Waals surface area contributed by atoms with Gasteiger partial charge in [0, 0.05) is 25.6 Å². The van der Waals surface area contributed by atoms with E-state index < -0.39 is 0 Å². The van der Waals surface area contributed by atoms with E-state index in [2.05, 4.69) is 6.92 Å². The molecular weight excluding hydrogens is 248 g/mol. The van der Waals surface area contributed by atoms with E-state index in [1.807, 2.05) is 42.2 Å². The lowest BCUT2D eigenvalue weighted by atomic mass is 10.0. The van der Waals surface area contributed by atoms with Crippen molar-refractivity contribution in [2.45, 2.75) is 32.7 Å². The van der Waals surface area contributed by atoms with E-state index in [1.54, 1.807) is 0 Å². The highest BCUT2D eigenvalue weighted by atomic mass is 35.5. The standard InChI is InChI=1S/C14H22N2O.ClH/c1-3-10-16(4-2)14(17)11-13(15)12-8-6-5-7-9-12;/h5-9,13H,3-4,10-11,15H2,1-2H3;1H. The van der Waals surface area contributed by atoms with Crippen molar-refractivity contribution in [1.82, 2.24) is 4.90 Å². The van der Waals surface area contributed by atoms with Crippen molar-refractivity contribution in [2.24, 2.45) is 5.73 Å². The molecule has 1 atom stereocenters. The first-order valence-electron chi connectivity index (χ1n) is 6.27. The summed E-state index contributed by atoms with van der Waals surface area (Å²) in [6.45, 7) is 5.65. The molecule has 0 aliphatic carbocycles. The zero-order valence-electron chi connectivity index (χ0n) is 11.1. The van der Waals surface area contributed by atoms with Gasteiger partial charge < -0.3 is 10.6 Å². The quantitative estimate of drug-likeness (QED) is 0.864. The minimum absolute atomic E-state index is 0. The predicted octanol–water partition coefficient (Wildman–Crippen LogP) is 2.76. The topological polar surface area (TPSA) is 46.3 Å². The van der Waals surface area contributed by atoms with Gasteiger partial charge >= 0.3 is 0 Å². The van der Waals surface area contributed by atoms with Crippen molar-refractivity contribution < 1.29 is 4.79 Å². The number of hydrogen-bond donors (Lipinski definition) is 1. The summed E-state index contributed by atoms with van der Waals surface area (Å²) in [6, 6.07) is 9.58. The Morgan fingerprint density at radius 3 is 2.39 bits per heavy atom. The Bertz CT molecular complexity index is 343. The van der Waals surface area contributed by atoms with E-state index in [9.17, 15) is 4.79 Å². The summed E-state index contributed by atoms with van der Waals surface area (Å²) >= 11 is 0. The first kappa shape index (κ1) is 16.9. The predicted molar refractivity (Wildman–Crippen MR) is 77.8 cm³/mol. The average molecular weight is 271 g/mol. The van der Waals surface area contributed by atoms with Crippen LogP contribution in [0.3, 0.4) is 0 Å². The van der Waals surface area contributed by atoms with Gasteiger partial charge in [0.25, 0.3) is 0 Å². The second-order valence-corrected chi connectivity index (χ2v) is 4.19. The Labute approximate surface area is 116 Å². The molecule has 2 N–H and O–H groups in total. The van der Waals surface area contributed by atoms with Crippen LogP contribution >= 0.6 is 12.4 Å². The molecule has 0 aromatic heterocycles. The molecule has 102 valence electrons. The number of nitrogens with zero attached hydrogens (tertiary/aromatic N) is 1. The third kappa shape index (κ3) is 5.07. The molecule has 0 saturated carbocycles. The first-order chi connectivity index (χ1) is 8.19. The van der Waals surface area contributed by atoms with E-state index in [0.717, 1.165) is 25.1 Å². The number of rotatable bonds is 6. The van der Waals surface area contributed by atoms with E-state index in [1.165, 1.54) is 0 Å². The Morgan fingerprint density at radius 2 is 1.89 bits per heavy atom. The lowest BCUT2D eigenvalue weighted by molar-refractivity contribution is -0.131. The van der Waals surface area contributed by atoms with E-state index in [4.69, 9.17) is 5.73 Å². The van der Waals surface area contributed by atoms with Crippen LogP contribution in [0, 0.1) is 0 Å². The van der Waals surface area contributed by atoms with Crippen LogP contribution in [-0.2, 0) is 4.79 Å². The summed E-state index contributed by atoms with van der Waals surface area (Å²) in [7, 11) is 0. The minimum Gasteiger partial charge on any atom is -0.343 e. The van der Waals surface area contributed by atoms with Gasteiger partial charge in [-0.15, -0.1) is 12.4 Å². The van der Waals surface area contributed by atoms with Gasteiger partial charge in [-0.1, -0.05) is 37.3 Å². The first-order valence-corrected chi connectivity index (χ1v) is 6.27. The van der Waals surface area contributed by atoms with Gasteiger partial charge in [0.2, 0.25) is 5.91 Å². The number of carbonyl (C=O) groups excluding carboxylic acids is 1. The van der Waals surface area contributed by atoms with Gasteiger partial charge in [0.15, 0.2) is 0 Å². The molecule has 0 bridgehead atoms. The molecule has 1 amide bonds. The van der Waals surface area contributed by atoms with Gasteiger partial charge in [0.05, 0.1) is 0 Å². The second-order valence-electron chi connectivity index (χ2n) is 4.19. The number of halogens is 1. The highest BCUT2D eigenvalue weighted by Gasteiger charge is 2.15. The third-order valence-corrected chi connectivity index (χ3v) is 2.85. The Balaban J connectivity index is 0.00000289. The maximum absolute atomic E-state index is 12.0. The van der Waals surface area contributed by atoms with Crippen molar-refractivity contribution in [3.05, 3.63) is 35.9 Å². The Hall–Kier alpha value is -1.06. The SMILES string of the molecule is CCCN(CC)C(=O)CC(N)c1ccccc1.Cl. The number of nitrogens with two attached hydrogens (primary N) is 1. The van der Waals surface area contributed by atoms with E-state index in [-0.39, 0.29) is 24.4 Å². The molecule has 0 radical (unpaired) electrons. The Kier molecular flexibility index (Phi) is 8.42. The molecular formula is C14H23ClN2O. The molecule has 0 heterocycles. The van der Waals surface area contributed by atoms with Gasteiger partial charge in [0.1, 0.15) is 0 Å². The van der Waals surface area contributed by atoms with Gasteiger partial charge in [-0.05, 0) is 18.9 Å². The normalized spacial score (nSPS) is 11.5. The molecule has 0 fully saturated rings. The van der Waals surface area contributed by atoms with Crippen molar-refractivity contribution in [3.8, 4) is 0 Å². The van der Waals surface area contributed by atoms with Crippen LogP contribution in [0.15, 0.2) is 30.3 Å². The zero-order chi connectivity index (χ0) is 12.7. The minimum atomic E-state index is -0.199. The lowest BCUT2D eigenvalue weighted by Gasteiger charge is -2.22. The van der Waals surface area contributed by atoms with Crippen molar-refractivity contribution in [3.63, 3.8) is 0 Å². The maximum atomic E-state index is 12.0. The highest BCUT2D eigenvalue weighted by molar-refractivity contribution is 5.85. The summed E-state index contributed by atoms with van der Waals surface area (Å²) in [6.07, 6.45) is 1.37.